The summed E-state index contributed by atoms with van der Waals surface area (Å²) in [5, 5.41) is 10.6. The van der Waals surface area contributed by atoms with E-state index in [0.29, 0.717) is 19.0 Å². The molecule has 1 aromatic heterocycles. The highest BCUT2D eigenvalue weighted by Crippen LogP contribution is 2.29. The Bertz CT molecular complexity index is 503. The molecule has 0 saturated carbocycles. The molecular weight excluding hydrogens is 294 g/mol. The number of aryl methyl sites for hydroxylation is 1. The fourth-order valence-electron chi connectivity index (χ4n) is 3.07. The Morgan fingerprint density at radius 3 is 3.00 bits per heavy atom. The molecule has 6 nitrogen and oxygen atoms in total. The van der Waals surface area contributed by atoms with E-state index in [1.165, 1.54) is 0 Å². The van der Waals surface area contributed by atoms with Crippen LogP contribution in [0.1, 0.15) is 51.5 Å². The van der Waals surface area contributed by atoms with Crippen LogP contribution in [0.15, 0.2) is 12.4 Å². The number of ether oxygens (including phenoxy) is 1. The van der Waals surface area contributed by atoms with Gasteiger partial charge in [0.25, 0.3) is 5.91 Å². The van der Waals surface area contributed by atoms with Gasteiger partial charge in [-0.15, -0.1) is 0 Å². The summed E-state index contributed by atoms with van der Waals surface area (Å²) in [7, 11) is 1.88. The molecule has 3 atom stereocenters. The highest BCUT2D eigenvalue weighted by molar-refractivity contribution is 5.80. The first-order chi connectivity index (χ1) is 11.0. The average molecular weight is 323 g/mol. The molecule has 0 bridgehead atoms. The summed E-state index contributed by atoms with van der Waals surface area (Å²) >= 11 is 0. The number of carbonyl (C=O) groups is 1. The first-order valence-corrected chi connectivity index (χ1v) is 8.60. The van der Waals surface area contributed by atoms with Crippen molar-refractivity contribution in [2.24, 2.45) is 13.0 Å². The summed E-state index contributed by atoms with van der Waals surface area (Å²) in [6.45, 7) is 5.84. The van der Waals surface area contributed by atoms with Gasteiger partial charge in [-0.1, -0.05) is 13.3 Å². The Balaban J connectivity index is 1.92. The summed E-state index contributed by atoms with van der Waals surface area (Å²) in [5.74, 6) is 0.714. The quantitative estimate of drug-likeness (QED) is 0.778. The molecule has 1 aliphatic heterocycles. The van der Waals surface area contributed by atoms with Gasteiger partial charge in [0.15, 0.2) is 0 Å². The summed E-state index contributed by atoms with van der Waals surface area (Å²) in [6, 6.07) is 0. The number of aliphatic hydroxyl groups excluding tert-OH is 1. The van der Waals surface area contributed by atoms with Gasteiger partial charge >= 0.3 is 0 Å². The van der Waals surface area contributed by atoms with Crippen LogP contribution in [0.3, 0.4) is 0 Å². The molecule has 1 amide bonds. The number of unbranched alkanes of at least 4 members (excludes halogenated alkanes) is 1. The molecule has 0 aliphatic carbocycles. The largest absolute Gasteiger partial charge is 0.385 e. The van der Waals surface area contributed by atoms with Crippen LogP contribution in [0.4, 0.5) is 0 Å². The second-order valence-electron chi connectivity index (χ2n) is 6.39. The van der Waals surface area contributed by atoms with Crippen LogP contribution in [0.25, 0.3) is 0 Å². The van der Waals surface area contributed by atoms with Gasteiger partial charge in [0.1, 0.15) is 18.0 Å². The van der Waals surface area contributed by atoms with Crippen molar-refractivity contribution in [1.29, 1.82) is 0 Å². The monoisotopic (exact) mass is 323 g/mol. The van der Waals surface area contributed by atoms with Crippen LogP contribution in [-0.4, -0.2) is 51.3 Å². The normalized spacial score (nSPS) is 21.2. The second kappa shape index (κ2) is 8.45. The number of aromatic nitrogens is 2. The van der Waals surface area contributed by atoms with Crippen molar-refractivity contribution in [1.82, 2.24) is 14.5 Å². The molecule has 1 N–H and O–H groups in total. The molecule has 0 aromatic carbocycles. The number of amides is 1. The van der Waals surface area contributed by atoms with Crippen LogP contribution >= 0.6 is 0 Å². The molecule has 2 heterocycles. The van der Waals surface area contributed by atoms with E-state index >= 15 is 0 Å². The lowest BCUT2D eigenvalue weighted by atomic mass is 9.91. The summed E-state index contributed by atoms with van der Waals surface area (Å²) < 4.78 is 7.45. The van der Waals surface area contributed by atoms with Crippen LogP contribution in [0, 0.1) is 5.92 Å². The number of hydrogen-bond acceptors (Lipinski definition) is 4. The molecule has 1 aromatic rings. The molecule has 3 unspecified atom stereocenters. The highest BCUT2D eigenvalue weighted by Gasteiger charge is 2.32. The Morgan fingerprint density at radius 1 is 1.57 bits per heavy atom. The molecule has 2 rings (SSSR count). The van der Waals surface area contributed by atoms with Crippen molar-refractivity contribution >= 4 is 5.91 Å². The Morgan fingerprint density at radius 2 is 2.35 bits per heavy atom. The van der Waals surface area contributed by atoms with E-state index in [9.17, 15) is 9.90 Å². The lowest BCUT2D eigenvalue weighted by Gasteiger charge is -2.36. The molecule has 1 saturated heterocycles. The molecule has 23 heavy (non-hydrogen) atoms. The van der Waals surface area contributed by atoms with Crippen LogP contribution in [0.2, 0.25) is 0 Å². The Hall–Kier alpha value is -1.40. The maximum Gasteiger partial charge on any atom is 0.251 e. The molecule has 1 aliphatic rings. The van der Waals surface area contributed by atoms with Crippen LogP contribution < -0.4 is 0 Å². The van der Waals surface area contributed by atoms with E-state index in [0.717, 1.165) is 32.2 Å². The van der Waals surface area contributed by atoms with Crippen molar-refractivity contribution in [2.45, 2.75) is 51.7 Å². The number of hydrogen-bond donors (Lipinski definition) is 1. The zero-order valence-corrected chi connectivity index (χ0v) is 14.4. The van der Waals surface area contributed by atoms with Crippen molar-refractivity contribution < 1.29 is 14.6 Å². The van der Waals surface area contributed by atoms with Gasteiger partial charge in [0, 0.05) is 45.1 Å². The molecule has 0 spiro atoms. The maximum atomic E-state index is 12.5. The third kappa shape index (κ3) is 4.54. The van der Waals surface area contributed by atoms with Gasteiger partial charge in [0.05, 0.1) is 0 Å². The average Bonchev–Trinajstić information content (AvgIpc) is 2.99. The van der Waals surface area contributed by atoms with Gasteiger partial charge in [-0.2, -0.15) is 0 Å². The van der Waals surface area contributed by atoms with Gasteiger partial charge in [-0.3, -0.25) is 4.79 Å². The van der Waals surface area contributed by atoms with E-state index in [4.69, 9.17) is 4.74 Å². The zero-order chi connectivity index (χ0) is 16.8. The maximum absolute atomic E-state index is 12.5. The smallest absolute Gasteiger partial charge is 0.251 e. The predicted molar refractivity (Wildman–Crippen MR) is 87.8 cm³/mol. The fourth-order valence-corrected chi connectivity index (χ4v) is 3.07. The van der Waals surface area contributed by atoms with Crippen molar-refractivity contribution in [3.63, 3.8) is 0 Å². The number of likely N-dealkylation sites (tertiary alicyclic amines) is 1. The van der Waals surface area contributed by atoms with E-state index < -0.39 is 12.2 Å². The van der Waals surface area contributed by atoms with Gasteiger partial charge in [0.2, 0.25) is 0 Å². The van der Waals surface area contributed by atoms with E-state index in [1.807, 2.05) is 29.6 Å². The molecule has 1 fully saturated rings. The number of piperidine rings is 1. The molecule has 130 valence electrons. The SMILES string of the molecule is CCCCOC(C)C(=O)N1CCCC(C(O)c2nccn2C)C1. The van der Waals surface area contributed by atoms with E-state index in [1.54, 1.807) is 6.20 Å². The van der Waals surface area contributed by atoms with Gasteiger partial charge in [-0.05, 0) is 26.2 Å². The second-order valence-corrected chi connectivity index (χ2v) is 6.39. The fraction of sp³-hybridized carbons (Fsp3) is 0.765. The van der Waals surface area contributed by atoms with Crippen molar-refractivity contribution in [3.05, 3.63) is 18.2 Å². The minimum atomic E-state index is -0.637. The minimum Gasteiger partial charge on any atom is -0.385 e. The molecule has 0 radical (unpaired) electrons. The first-order valence-electron chi connectivity index (χ1n) is 8.60. The van der Waals surface area contributed by atoms with Gasteiger partial charge in [-0.25, -0.2) is 4.98 Å². The Labute approximate surface area is 138 Å². The lowest BCUT2D eigenvalue weighted by Crippen LogP contribution is -2.46. The zero-order valence-electron chi connectivity index (χ0n) is 14.4. The van der Waals surface area contributed by atoms with E-state index in [-0.39, 0.29) is 11.8 Å². The van der Waals surface area contributed by atoms with Crippen LogP contribution in [0.5, 0.6) is 0 Å². The third-order valence-electron chi connectivity index (χ3n) is 4.55. The standard InChI is InChI=1S/C17H29N3O3/c1-4-5-11-23-13(2)17(22)20-9-6-7-14(12-20)15(21)16-18-8-10-19(16)3/h8,10,13-15,21H,4-7,9,11-12H2,1-3H3. The summed E-state index contributed by atoms with van der Waals surface area (Å²) in [6.07, 6.45) is 6.30. The van der Waals surface area contributed by atoms with E-state index in [2.05, 4.69) is 11.9 Å². The molecular formula is C17H29N3O3. The van der Waals surface area contributed by atoms with Crippen molar-refractivity contribution in [2.75, 3.05) is 19.7 Å². The minimum absolute atomic E-state index is 0.0247. The van der Waals surface area contributed by atoms with Crippen LogP contribution in [-0.2, 0) is 16.6 Å². The number of rotatable bonds is 7. The highest BCUT2D eigenvalue weighted by atomic mass is 16.5. The number of imidazole rings is 1. The molecule has 6 heteroatoms. The topological polar surface area (TPSA) is 67.6 Å². The predicted octanol–water partition coefficient (Wildman–Crippen LogP) is 1.90. The summed E-state index contributed by atoms with van der Waals surface area (Å²) in [4.78, 5) is 18.6. The lowest BCUT2D eigenvalue weighted by molar-refractivity contribution is -0.145. The number of aliphatic hydroxyl groups is 1. The summed E-state index contributed by atoms with van der Waals surface area (Å²) in [5.41, 5.74) is 0. The van der Waals surface area contributed by atoms with Crippen molar-refractivity contribution in [3.8, 4) is 0 Å². The van der Waals surface area contributed by atoms with Gasteiger partial charge < -0.3 is 19.3 Å². The third-order valence-corrected chi connectivity index (χ3v) is 4.55. The number of nitrogens with zero attached hydrogens (tertiary/aromatic N) is 3. The number of carbonyl (C=O) groups excluding carboxylic acids is 1. The Kier molecular flexibility index (Phi) is 6.59. The first kappa shape index (κ1) is 17.9.